The number of piperidine rings is 1. The van der Waals surface area contributed by atoms with Crippen molar-refractivity contribution in [3.63, 3.8) is 0 Å². The van der Waals surface area contributed by atoms with Gasteiger partial charge in [0, 0.05) is 18.7 Å². The molecule has 22 heavy (non-hydrogen) atoms. The predicted molar refractivity (Wildman–Crippen MR) is 81.3 cm³/mol. The van der Waals surface area contributed by atoms with E-state index in [-0.39, 0.29) is 12.5 Å². The van der Waals surface area contributed by atoms with E-state index in [1.807, 2.05) is 6.07 Å². The predicted octanol–water partition coefficient (Wildman–Crippen LogP) is 0.418. The molecular formula is C15H24N4O3. The Morgan fingerprint density at radius 3 is 2.95 bits per heavy atom. The van der Waals surface area contributed by atoms with Gasteiger partial charge in [-0.2, -0.15) is 5.10 Å². The number of amides is 1. The minimum absolute atomic E-state index is 0.0839. The Hall–Kier alpha value is -1.89. The molecule has 0 unspecified atom stereocenters. The Kier molecular flexibility index (Phi) is 5.18. The summed E-state index contributed by atoms with van der Waals surface area (Å²) < 4.78 is 6.27. The third-order valence-corrected chi connectivity index (χ3v) is 3.83. The van der Waals surface area contributed by atoms with Crippen molar-refractivity contribution in [3.8, 4) is 0 Å². The summed E-state index contributed by atoms with van der Waals surface area (Å²) in [6, 6.07) is 1.95. The van der Waals surface area contributed by atoms with E-state index in [9.17, 15) is 9.59 Å². The summed E-state index contributed by atoms with van der Waals surface area (Å²) in [5.41, 5.74) is -0.0398. The maximum Gasteiger partial charge on any atom is 0.330 e. The highest BCUT2D eigenvalue weighted by atomic mass is 16.5. The van der Waals surface area contributed by atoms with Crippen LogP contribution in [0.3, 0.4) is 0 Å². The third kappa shape index (κ3) is 4.07. The lowest BCUT2D eigenvalue weighted by atomic mass is 9.97. The number of aromatic nitrogens is 2. The van der Waals surface area contributed by atoms with Crippen molar-refractivity contribution in [3.05, 3.63) is 18.0 Å². The van der Waals surface area contributed by atoms with Gasteiger partial charge in [-0.25, -0.2) is 4.79 Å². The fourth-order valence-electron chi connectivity index (χ4n) is 2.63. The molecule has 1 amide bonds. The molecule has 1 aliphatic rings. The van der Waals surface area contributed by atoms with Gasteiger partial charge in [0.05, 0.1) is 12.8 Å². The Labute approximate surface area is 130 Å². The van der Waals surface area contributed by atoms with Crippen molar-refractivity contribution >= 4 is 11.9 Å². The molecule has 2 rings (SSSR count). The highest BCUT2D eigenvalue weighted by Gasteiger charge is 2.30. The van der Waals surface area contributed by atoms with Crippen LogP contribution in [0.2, 0.25) is 0 Å². The molecule has 1 aromatic heterocycles. The molecule has 0 aromatic carbocycles. The molecule has 1 fully saturated rings. The number of carbonyl (C=O) groups excluding carboxylic acids is 2. The standard InChI is InChI=1S/C15H24N4O3/c1-15(2,14(21)22-3)17-13(20)10-19-8-6-12(18-19)11-5-4-7-16-9-11/h6,8,11,16H,4-5,7,9-10H2,1-3H3,(H,17,20)/t11-/m1/s1. The molecule has 0 radical (unpaired) electrons. The largest absolute Gasteiger partial charge is 0.467 e. The van der Waals surface area contributed by atoms with Crippen LogP contribution in [0.15, 0.2) is 12.3 Å². The van der Waals surface area contributed by atoms with Gasteiger partial charge in [0.15, 0.2) is 0 Å². The number of esters is 1. The van der Waals surface area contributed by atoms with Crippen LogP contribution in [0.1, 0.15) is 38.3 Å². The normalized spacial score (nSPS) is 18.8. The maximum absolute atomic E-state index is 12.0. The molecule has 0 aliphatic carbocycles. The lowest BCUT2D eigenvalue weighted by molar-refractivity contribution is -0.149. The van der Waals surface area contributed by atoms with Crippen LogP contribution in [0.4, 0.5) is 0 Å². The van der Waals surface area contributed by atoms with Crippen LogP contribution in [0, 0.1) is 0 Å². The number of methoxy groups -OCH3 is 1. The molecule has 2 N–H and O–H groups in total. The minimum Gasteiger partial charge on any atom is -0.467 e. The van der Waals surface area contributed by atoms with Gasteiger partial charge in [-0.15, -0.1) is 0 Å². The smallest absolute Gasteiger partial charge is 0.330 e. The molecule has 7 heteroatoms. The van der Waals surface area contributed by atoms with E-state index in [0.717, 1.165) is 31.6 Å². The quantitative estimate of drug-likeness (QED) is 0.770. The second-order valence-corrected chi connectivity index (χ2v) is 6.15. The Bertz CT molecular complexity index is 533. The van der Waals surface area contributed by atoms with E-state index in [1.165, 1.54) is 7.11 Å². The van der Waals surface area contributed by atoms with Gasteiger partial charge in [0.25, 0.3) is 0 Å². The first kappa shape index (κ1) is 16.5. The summed E-state index contributed by atoms with van der Waals surface area (Å²) in [5.74, 6) is -0.341. The van der Waals surface area contributed by atoms with Crippen LogP contribution in [0.25, 0.3) is 0 Å². The minimum atomic E-state index is -1.05. The molecule has 1 aliphatic heterocycles. The zero-order valence-corrected chi connectivity index (χ0v) is 13.4. The van der Waals surface area contributed by atoms with Gasteiger partial charge in [0.2, 0.25) is 5.91 Å². The van der Waals surface area contributed by atoms with Gasteiger partial charge in [-0.3, -0.25) is 9.48 Å². The average Bonchev–Trinajstić information content (AvgIpc) is 2.95. The molecule has 0 bridgehead atoms. The van der Waals surface area contributed by atoms with Gasteiger partial charge < -0.3 is 15.4 Å². The highest BCUT2D eigenvalue weighted by Crippen LogP contribution is 2.21. The number of hydrogen-bond donors (Lipinski definition) is 2. The van der Waals surface area contributed by atoms with Crippen molar-refractivity contribution in [1.82, 2.24) is 20.4 Å². The maximum atomic E-state index is 12.0. The van der Waals surface area contributed by atoms with Crippen LogP contribution in [0.5, 0.6) is 0 Å². The fourth-order valence-corrected chi connectivity index (χ4v) is 2.63. The van der Waals surface area contributed by atoms with E-state index in [4.69, 9.17) is 0 Å². The number of nitrogens with one attached hydrogen (secondary N) is 2. The van der Waals surface area contributed by atoms with Gasteiger partial charge >= 0.3 is 5.97 Å². The summed E-state index contributed by atoms with van der Waals surface area (Å²) in [5, 5.41) is 10.5. The van der Waals surface area contributed by atoms with Crippen molar-refractivity contribution in [2.24, 2.45) is 0 Å². The first-order valence-corrected chi connectivity index (χ1v) is 7.56. The van der Waals surface area contributed by atoms with Crippen molar-refractivity contribution in [2.75, 3.05) is 20.2 Å². The summed E-state index contributed by atoms with van der Waals surface area (Å²) >= 11 is 0. The zero-order valence-electron chi connectivity index (χ0n) is 13.4. The number of hydrogen-bond acceptors (Lipinski definition) is 5. The summed E-state index contributed by atoms with van der Waals surface area (Å²) in [7, 11) is 1.30. The molecule has 1 saturated heterocycles. The zero-order chi connectivity index (χ0) is 16.2. The summed E-state index contributed by atoms with van der Waals surface area (Å²) in [4.78, 5) is 23.6. The molecule has 1 atom stereocenters. The van der Waals surface area contributed by atoms with Gasteiger partial charge in [-0.05, 0) is 39.3 Å². The monoisotopic (exact) mass is 308 g/mol. The second kappa shape index (κ2) is 6.91. The number of carbonyl (C=O) groups is 2. The molecule has 7 nitrogen and oxygen atoms in total. The first-order valence-electron chi connectivity index (χ1n) is 7.56. The van der Waals surface area contributed by atoms with E-state index < -0.39 is 11.5 Å². The van der Waals surface area contributed by atoms with Gasteiger partial charge in [-0.1, -0.05) is 0 Å². The van der Waals surface area contributed by atoms with Crippen LogP contribution in [-0.2, 0) is 20.9 Å². The number of rotatable bonds is 5. The van der Waals surface area contributed by atoms with Crippen molar-refractivity contribution in [1.29, 1.82) is 0 Å². The Balaban J connectivity index is 1.92. The van der Waals surface area contributed by atoms with E-state index in [0.29, 0.717) is 5.92 Å². The fraction of sp³-hybridized carbons (Fsp3) is 0.667. The highest BCUT2D eigenvalue weighted by molar-refractivity contribution is 5.87. The second-order valence-electron chi connectivity index (χ2n) is 6.15. The lowest BCUT2D eigenvalue weighted by Crippen LogP contribution is -2.51. The SMILES string of the molecule is COC(=O)C(C)(C)NC(=O)Cn1ccc([C@@H]2CCCNC2)n1. The summed E-state index contributed by atoms with van der Waals surface area (Å²) in [6.07, 6.45) is 4.06. The van der Waals surface area contributed by atoms with Crippen LogP contribution in [-0.4, -0.2) is 47.4 Å². The number of ether oxygens (including phenoxy) is 1. The molecule has 0 saturated carbocycles. The number of nitrogens with zero attached hydrogens (tertiary/aromatic N) is 2. The summed E-state index contributed by atoms with van der Waals surface area (Å²) in [6.45, 7) is 5.29. The Morgan fingerprint density at radius 2 is 2.32 bits per heavy atom. The van der Waals surface area contributed by atoms with Crippen LogP contribution < -0.4 is 10.6 Å². The first-order chi connectivity index (χ1) is 10.4. The topological polar surface area (TPSA) is 85.2 Å². The molecule has 2 heterocycles. The molecule has 1 aromatic rings. The van der Waals surface area contributed by atoms with E-state index >= 15 is 0 Å². The molecular weight excluding hydrogens is 284 g/mol. The third-order valence-electron chi connectivity index (χ3n) is 3.83. The molecule has 0 spiro atoms. The van der Waals surface area contributed by atoms with Crippen LogP contribution >= 0.6 is 0 Å². The lowest BCUT2D eigenvalue weighted by Gasteiger charge is -2.23. The van der Waals surface area contributed by atoms with Crippen molar-refractivity contribution < 1.29 is 14.3 Å². The van der Waals surface area contributed by atoms with E-state index in [1.54, 1.807) is 24.7 Å². The average molecular weight is 308 g/mol. The molecule has 122 valence electrons. The Morgan fingerprint density at radius 1 is 1.55 bits per heavy atom. The van der Waals surface area contributed by atoms with Crippen molar-refractivity contribution in [2.45, 2.75) is 44.7 Å². The van der Waals surface area contributed by atoms with Gasteiger partial charge in [0.1, 0.15) is 12.1 Å². The van der Waals surface area contributed by atoms with E-state index in [2.05, 4.69) is 20.5 Å².